The minimum absolute atomic E-state index is 0.0696. The molecule has 0 aliphatic carbocycles. The summed E-state index contributed by atoms with van der Waals surface area (Å²) in [5.74, 6) is -3.63. The van der Waals surface area contributed by atoms with Gasteiger partial charge in [0.15, 0.2) is 10.3 Å². The molecule has 4 aromatic rings. The number of urea groups is 1. The van der Waals surface area contributed by atoms with Crippen LogP contribution in [0.15, 0.2) is 88.5 Å². The van der Waals surface area contributed by atoms with E-state index in [0.29, 0.717) is 35.2 Å². The van der Waals surface area contributed by atoms with Gasteiger partial charge in [0.1, 0.15) is 41.8 Å². The van der Waals surface area contributed by atoms with Gasteiger partial charge in [-0.25, -0.2) is 14.5 Å². The molecule has 5 rings (SSSR count). The van der Waals surface area contributed by atoms with E-state index in [2.05, 4.69) is 12.4 Å². The summed E-state index contributed by atoms with van der Waals surface area (Å²) in [6, 6.07) is 18.5. The number of anilines is 1. The molecule has 12 nitrogen and oxygen atoms in total. The van der Waals surface area contributed by atoms with Gasteiger partial charge in [0, 0.05) is 24.8 Å². The second kappa shape index (κ2) is 17.2. The Kier molecular flexibility index (Phi) is 13.2. The molecule has 18 heteroatoms. The summed E-state index contributed by atoms with van der Waals surface area (Å²) >= 11 is 1.07. The molecule has 5 N–H and O–H groups in total. The number of hydrogen-bond acceptors (Lipinski definition) is 8. The molecule has 1 fully saturated rings. The number of aryl methyl sites for hydroxylation is 1. The normalized spacial score (nSPS) is 17.4. The third kappa shape index (κ3) is 11.6. The van der Waals surface area contributed by atoms with Crippen LogP contribution in [0.1, 0.15) is 29.5 Å². The number of alkyl halides is 3. The van der Waals surface area contributed by atoms with E-state index in [1.165, 1.54) is 59.2 Å². The fraction of sp³-hybridized carbons (Fsp3) is 0.278. The molecule has 1 aliphatic rings. The average molecular weight is 795 g/mol. The minimum atomic E-state index is -5.08. The van der Waals surface area contributed by atoms with Crippen molar-refractivity contribution in [2.75, 3.05) is 25.5 Å². The Balaban J connectivity index is 0.000000845. The Hall–Kier alpha value is -5.33. The molecular formula is C36H38F4N4O8S2+2. The van der Waals surface area contributed by atoms with Gasteiger partial charge in [0.2, 0.25) is 0 Å². The van der Waals surface area contributed by atoms with Crippen LogP contribution < -0.4 is 15.2 Å². The molecule has 2 heterocycles. The molecule has 1 saturated heterocycles. The number of halogens is 4. The molecule has 288 valence electrons. The van der Waals surface area contributed by atoms with E-state index in [1.54, 1.807) is 36.6 Å². The summed E-state index contributed by atoms with van der Waals surface area (Å²) in [4.78, 5) is 36.0. The van der Waals surface area contributed by atoms with Crippen molar-refractivity contribution < 1.29 is 63.8 Å². The lowest BCUT2D eigenvalue weighted by molar-refractivity contribution is -0.918. The number of carboxylic acids is 1. The number of aliphatic carboxylic acids is 1. The van der Waals surface area contributed by atoms with Gasteiger partial charge in [-0.3, -0.25) is 4.79 Å². The number of carbonyl (C=O) groups excluding carboxylic acids is 2. The number of hydrogen-bond donors (Lipinski definition) is 4. The van der Waals surface area contributed by atoms with E-state index < -0.39 is 40.2 Å². The van der Waals surface area contributed by atoms with Crippen molar-refractivity contribution in [1.82, 2.24) is 0 Å². The number of primary amides is 1. The summed E-state index contributed by atoms with van der Waals surface area (Å²) in [7, 11) is -1.96. The van der Waals surface area contributed by atoms with E-state index in [9.17, 15) is 40.7 Å². The maximum atomic E-state index is 14.1. The SMILES string of the molecule is Cc1csc(S(=O)(=O)Oc2ccc(NC(=O)/[N+](=C3\CCC[N+](C)(Cc4ccc(F)cc4)C3)[C@@H](Cc3ccc(O)cc3)C(N)=O)cc2)c1.O=C(O)C(F)(F)F. The summed E-state index contributed by atoms with van der Waals surface area (Å²) in [6.07, 6.45) is -3.68. The molecule has 2 atom stereocenters. The first kappa shape index (κ1) is 41.4. The second-order valence-electron chi connectivity index (χ2n) is 12.9. The van der Waals surface area contributed by atoms with Crippen molar-refractivity contribution in [1.29, 1.82) is 0 Å². The molecule has 1 aromatic heterocycles. The second-order valence-corrected chi connectivity index (χ2v) is 15.5. The number of quaternary nitrogens is 1. The van der Waals surface area contributed by atoms with Crippen LogP contribution >= 0.6 is 11.3 Å². The van der Waals surface area contributed by atoms with Crippen LogP contribution in [0.25, 0.3) is 0 Å². The molecule has 54 heavy (non-hydrogen) atoms. The lowest BCUT2D eigenvalue weighted by Gasteiger charge is -2.38. The summed E-state index contributed by atoms with van der Waals surface area (Å²) in [5.41, 5.74) is 9.48. The van der Waals surface area contributed by atoms with Crippen molar-refractivity contribution in [2.24, 2.45) is 5.73 Å². The van der Waals surface area contributed by atoms with Crippen molar-refractivity contribution >= 4 is 50.8 Å². The fourth-order valence-corrected chi connectivity index (χ4v) is 7.91. The number of nitrogens with one attached hydrogen (secondary N) is 1. The zero-order valence-corrected chi connectivity index (χ0v) is 30.7. The molecule has 1 unspecified atom stereocenters. The molecule has 0 spiro atoms. The van der Waals surface area contributed by atoms with Gasteiger partial charge in [-0.2, -0.15) is 31.0 Å². The third-order valence-electron chi connectivity index (χ3n) is 8.28. The van der Waals surface area contributed by atoms with Gasteiger partial charge in [0.05, 0.1) is 13.6 Å². The number of phenols is 1. The first-order chi connectivity index (χ1) is 25.2. The fourth-order valence-electron chi connectivity index (χ4n) is 5.79. The smallest absolute Gasteiger partial charge is 0.496 e. The highest BCUT2D eigenvalue weighted by atomic mass is 32.3. The molecule has 0 radical (unpaired) electrons. The van der Waals surface area contributed by atoms with Crippen LogP contribution in [0.5, 0.6) is 11.5 Å². The summed E-state index contributed by atoms with van der Waals surface area (Å²) < 4.78 is 78.0. The molecule has 0 saturated carbocycles. The first-order valence-corrected chi connectivity index (χ1v) is 18.5. The van der Waals surface area contributed by atoms with Crippen molar-refractivity contribution in [3.05, 3.63) is 107 Å². The van der Waals surface area contributed by atoms with Crippen LogP contribution in [0.2, 0.25) is 0 Å². The van der Waals surface area contributed by atoms with Gasteiger partial charge in [-0.1, -0.05) is 24.3 Å². The summed E-state index contributed by atoms with van der Waals surface area (Å²) in [6.45, 7) is 3.64. The van der Waals surface area contributed by atoms with E-state index in [-0.39, 0.29) is 27.9 Å². The van der Waals surface area contributed by atoms with Gasteiger partial charge < -0.3 is 24.6 Å². The van der Waals surface area contributed by atoms with Crippen LogP contribution in [-0.4, -0.2) is 83.7 Å². The van der Waals surface area contributed by atoms with Gasteiger partial charge in [-0.15, -0.1) is 11.3 Å². The van der Waals surface area contributed by atoms with E-state index in [1.807, 2.05) is 0 Å². The highest BCUT2D eigenvalue weighted by Crippen LogP contribution is 2.26. The van der Waals surface area contributed by atoms with Crippen LogP contribution in [-0.2, 0) is 32.7 Å². The number of likely N-dealkylation sites (tertiary alicyclic amines) is 1. The van der Waals surface area contributed by atoms with E-state index >= 15 is 0 Å². The number of aromatic hydroxyl groups is 1. The Morgan fingerprint density at radius 1 is 1.02 bits per heavy atom. The number of nitrogens with two attached hydrogens (primary N) is 1. The topological polar surface area (TPSA) is 176 Å². The monoisotopic (exact) mass is 794 g/mol. The number of carbonyl (C=O) groups is 3. The number of phenolic OH excluding ortho intramolecular Hbond substituents is 1. The van der Waals surface area contributed by atoms with Crippen molar-refractivity contribution in [2.45, 2.75) is 49.2 Å². The predicted octanol–water partition coefficient (Wildman–Crippen LogP) is 5.82. The van der Waals surface area contributed by atoms with E-state index in [0.717, 1.165) is 41.1 Å². The number of carboxylic acid groups (broad SMARTS) is 1. The van der Waals surface area contributed by atoms with Crippen LogP contribution in [0.3, 0.4) is 0 Å². The molecule has 0 bridgehead atoms. The standard InChI is InChI=1S/C34H35FN4O6S2.C2HF3O2/c1-23-18-32(46-22-23)47(43,44)45-30-15-11-27(12-16-30)37-34(42)38(31(33(36)41)19-24-7-13-29(40)14-8-24)28-4-3-17-39(2,21-28)20-25-5-9-26(35)10-6-25;3-2(4,5)1(6)7/h5-16,18,22,31H,3-4,17,19-21H2,1-2H3,(H2-2,36,37,40,41,42);(H,6,7)/p+2/b38-28+;/t31-,39?;/m0./s1. The zero-order chi connectivity index (χ0) is 39.8. The third-order valence-corrected chi connectivity index (χ3v) is 11.0. The minimum Gasteiger partial charge on any atom is -0.508 e. The lowest BCUT2D eigenvalue weighted by atomic mass is 10.0. The number of thiophene rings is 1. The molecule has 3 amide bonds. The highest BCUT2D eigenvalue weighted by Gasteiger charge is 2.40. The quantitative estimate of drug-likeness (QED) is 0.0672. The Labute approximate surface area is 312 Å². The van der Waals surface area contributed by atoms with Crippen molar-refractivity contribution in [3.8, 4) is 11.5 Å². The number of rotatable bonds is 10. The van der Waals surface area contributed by atoms with Crippen molar-refractivity contribution in [3.63, 3.8) is 0 Å². The Morgan fingerprint density at radius 3 is 2.15 bits per heavy atom. The predicted molar refractivity (Wildman–Crippen MR) is 191 cm³/mol. The summed E-state index contributed by atoms with van der Waals surface area (Å²) in [5, 5.41) is 21.5. The molecular weight excluding hydrogens is 757 g/mol. The van der Waals surface area contributed by atoms with Gasteiger partial charge in [-0.05, 0) is 78.0 Å². The Bertz CT molecular complexity index is 2110. The zero-order valence-electron chi connectivity index (χ0n) is 29.0. The van der Waals surface area contributed by atoms with Crippen LogP contribution in [0.4, 0.5) is 28.0 Å². The van der Waals surface area contributed by atoms with Crippen LogP contribution in [0, 0.1) is 12.7 Å². The maximum Gasteiger partial charge on any atom is 0.496 e. The Morgan fingerprint density at radius 2 is 1.61 bits per heavy atom. The number of benzene rings is 3. The van der Waals surface area contributed by atoms with Gasteiger partial charge >= 0.3 is 28.3 Å². The number of piperidine rings is 1. The molecule has 3 aromatic carbocycles. The first-order valence-electron chi connectivity index (χ1n) is 16.2. The average Bonchev–Trinajstić information content (AvgIpc) is 3.54. The van der Waals surface area contributed by atoms with E-state index in [4.69, 9.17) is 19.8 Å². The maximum absolute atomic E-state index is 14.1. The number of amides is 3. The largest absolute Gasteiger partial charge is 0.508 e. The number of nitrogens with zero attached hydrogens (tertiary/aromatic N) is 2. The highest BCUT2D eigenvalue weighted by molar-refractivity contribution is 7.89. The van der Waals surface area contributed by atoms with Gasteiger partial charge in [0.25, 0.3) is 5.91 Å². The lowest BCUT2D eigenvalue weighted by Crippen LogP contribution is -2.56. The molecule has 1 aliphatic heterocycles.